The maximum Gasteiger partial charge on any atom is 0.244 e. The first-order valence-corrected chi connectivity index (χ1v) is 5.18. The van der Waals surface area contributed by atoms with Crippen LogP contribution in [0, 0.1) is 0 Å². The summed E-state index contributed by atoms with van der Waals surface area (Å²) in [7, 11) is 3.39. The van der Waals surface area contributed by atoms with Crippen molar-refractivity contribution >= 4 is 29.0 Å². The largest absolute Gasteiger partial charge is 0.397 e. The zero-order valence-corrected chi connectivity index (χ0v) is 10.2. The van der Waals surface area contributed by atoms with Gasteiger partial charge in [0.05, 0.1) is 16.9 Å². The van der Waals surface area contributed by atoms with Crippen molar-refractivity contribution in [3.8, 4) is 0 Å². The molecule has 1 amide bonds. The summed E-state index contributed by atoms with van der Waals surface area (Å²) in [6.07, 6.45) is 1.49. The second-order valence-corrected chi connectivity index (χ2v) is 4.10. The number of nitrogens with two attached hydrogens (primary N) is 1. The smallest absolute Gasteiger partial charge is 0.244 e. The molecule has 0 aliphatic rings. The number of nitrogen functional groups attached to an aromatic ring is 1. The number of carbonyl (C=O) groups excluding carboxylic acids is 1. The minimum absolute atomic E-state index is 0.0466. The number of hydrogen-bond donors (Lipinski definition) is 2. The molecule has 16 heavy (non-hydrogen) atoms. The number of nitrogens with zero attached hydrogens (tertiary/aromatic N) is 2. The summed E-state index contributed by atoms with van der Waals surface area (Å²) >= 11 is 5.93. The number of nitrogens with one attached hydrogen (secondary N) is 1. The number of pyridine rings is 1. The van der Waals surface area contributed by atoms with Crippen LogP contribution in [0.4, 0.5) is 11.5 Å². The summed E-state index contributed by atoms with van der Waals surface area (Å²) in [5.41, 5.74) is 6.00. The summed E-state index contributed by atoms with van der Waals surface area (Å²) in [5, 5.41) is 3.33. The average Bonchev–Trinajstić information content (AvgIpc) is 2.20. The average molecular weight is 243 g/mol. The lowest BCUT2D eigenvalue weighted by atomic mass is 10.3. The first kappa shape index (κ1) is 12.6. The Morgan fingerprint density at radius 3 is 2.75 bits per heavy atom. The molecule has 5 nitrogen and oxygen atoms in total. The molecule has 1 unspecified atom stereocenters. The lowest BCUT2D eigenvalue weighted by Crippen LogP contribution is -2.36. The Morgan fingerprint density at radius 1 is 1.62 bits per heavy atom. The van der Waals surface area contributed by atoms with Gasteiger partial charge in [0.25, 0.3) is 0 Å². The van der Waals surface area contributed by atoms with Gasteiger partial charge in [0, 0.05) is 14.1 Å². The normalized spacial score (nSPS) is 12.0. The van der Waals surface area contributed by atoms with Gasteiger partial charge in [0.1, 0.15) is 11.9 Å². The third kappa shape index (κ3) is 3.00. The fourth-order valence-corrected chi connectivity index (χ4v) is 1.44. The molecule has 6 heteroatoms. The lowest BCUT2D eigenvalue weighted by Gasteiger charge is -2.18. The second kappa shape index (κ2) is 5.03. The van der Waals surface area contributed by atoms with Crippen molar-refractivity contribution in [1.29, 1.82) is 0 Å². The number of hydrogen-bond acceptors (Lipinski definition) is 4. The van der Waals surface area contributed by atoms with Crippen LogP contribution in [0.1, 0.15) is 6.92 Å². The van der Waals surface area contributed by atoms with Crippen LogP contribution in [0.2, 0.25) is 5.02 Å². The summed E-state index contributed by atoms with van der Waals surface area (Å²) in [6.45, 7) is 1.75. The van der Waals surface area contributed by atoms with Crippen molar-refractivity contribution in [3.63, 3.8) is 0 Å². The molecule has 1 heterocycles. The molecule has 3 N–H and O–H groups in total. The van der Waals surface area contributed by atoms with Crippen molar-refractivity contribution in [2.75, 3.05) is 25.1 Å². The van der Waals surface area contributed by atoms with Crippen LogP contribution in [-0.4, -0.2) is 35.9 Å². The summed E-state index contributed by atoms with van der Waals surface area (Å²) < 4.78 is 0. The van der Waals surface area contributed by atoms with Gasteiger partial charge in [-0.2, -0.15) is 0 Å². The number of anilines is 2. The quantitative estimate of drug-likeness (QED) is 0.836. The van der Waals surface area contributed by atoms with E-state index in [-0.39, 0.29) is 11.9 Å². The SMILES string of the molecule is CC(Nc1ncc(N)cc1Cl)C(=O)N(C)C. The van der Waals surface area contributed by atoms with Crippen LogP contribution in [0.15, 0.2) is 12.3 Å². The highest BCUT2D eigenvalue weighted by Gasteiger charge is 2.16. The number of halogens is 1. The maximum atomic E-state index is 11.6. The van der Waals surface area contributed by atoms with Crippen LogP contribution in [0.5, 0.6) is 0 Å². The number of aromatic nitrogens is 1. The van der Waals surface area contributed by atoms with Gasteiger partial charge in [-0.3, -0.25) is 4.79 Å². The van der Waals surface area contributed by atoms with E-state index in [0.717, 1.165) is 0 Å². The predicted molar refractivity (Wildman–Crippen MR) is 65.4 cm³/mol. The van der Waals surface area contributed by atoms with E-state index in [1.807, 2.05) is 0 Å². The number of rotatable bonds is 3. The van der Waals surface area contributed by atoms with E-state index in [0.29, 0.717) is 16.5 Å². The van der Waals surface area contributed by atoms with Crippen molar-refractivity contribution in [2.24, 2.45) is 0 Å². The monoisotopic (exact) mass is 242 g/mol. The van der Waals surface area contributed by atoms with Gasteiger partial charge in [-0.15, -0.1) is 0 Å². The van der Waals surface area contributed by atoms with E-state index < -0.39 is 0 Å². The van der Waals surface area contributed by atoms with Crippen LogP contribution in [0.25, 0.3) is 0 Å². The summed E-state index contributed by atoms with van der Waals surface area (Å²) in [4.78, 5) is 17.1. The highest BCUT2D eigenvalue weighted by Crippen LogP contribution is 2.21. The van der Waals surface area contributed by atoms with E-state index in [1.165, 1.54) is 11.1 Å². The molecule has 1 rings (SSSR count). The molecule has 1 aromatic rings. The maximum absolute atomic E-state index is 11.6. The lowest BCUT2D eigenvalue weighted by molar-refractivity contribution is -0.129. The second-order valence-electron chi connectivity index (χ2n) is 3.70. The molecule has 0 aliphatic carbocycles. The molecule has 0 spiro atoms. The predicted octanol–water partition coefficient (Wildman–Crippen LogP) is 1.21. The van der Waals surface area contributed by atoms with Crippen molar-refractivity contribution in [1.82, 2.24) is 9.88 Å². The van der Waals surface area contributed by atoms with Crippen molar-refractivity contribution in [3.05, 3.63) is 17.3 Å². The van der Waals surface area contributed by atoms with Gasteiger partial charge in [0.2, 0.25) is 5.91 Å². The first-order valence-electron chi connectivity index (χ1n) is 4.80. The Bertz CT molecular complexity index is 394. The molecule has 0 radical (unpaired) electrons. The van der Waals surface area contributed by atoms with Gasteiger partial charge in [-0.25, -0.2) is 4.98 Å². The van der Waals surface area contributed by atoms with Crippen LogP contribution < -0.4 is 11.1 Å². The van der Waals surface area contributed by atoms with E-state index >= 15 is 0 Å². The van der Waals surface area contributed by atoms with Gasteiger partial charge in [-0.1, -0.05) is 11.6 Å². The molecular weight excluding hydrogens is 228 g/mol. The minimum atomic E-state index is -0.386. The Balaban J connectivity index is 2.77. The Labute approximate surface area is 99.6 Å². The number of amides is 1. The molecule has 0 fully saturated rings. The van der Waals surface area contributed by atoms with E-state index in [1.54, 1.807) is 27.1 Å². The van der Waals surface area contributed by atoms with E-state index in [2.05, 4.69) is 10.3 Å². The molecule has 0 aromatic carbocycles. The molecule has 0 aliphatic heterocycles. The zero-order valence-electron chi connectivity index (χ0n) is 9.49. The van der Waals surface area contributed by atoms with Crippen LogP contribution in [0.3, 0.4) is 0 Å². The van der Waals surface area contributed by atoms with Gasteiger partial charge >= 0.3 is 0 Å². The third-order valence-electron chi connectivity index (χ3n) is 2.03. The van der Waals surface area contributed by atoms with Gasteiger partial charge < -0.3 is 16.0 Å². The summed E-state index contributed by atoms with van der Waals surface area (Å²) in [5.74, 6) is 0.410. The molecule has 1 atom stereocenters. The molecule has 88 valence electrons. The van der Waals surface area contributed by atoms with Crippen LogP contribution >= 0.6 is 11.6 Å². The molecule has 0 saturated carbocycles. The fourth-order valence-electron chi connectivity index (χ4n) is 1.21. The minimum Gasteiger partial charge on any atom is -0.397 e. The Hall–Kier alpha value is -1.49. The molecular formula is C10H15ClN4O. The van der Waals surface area contributed by atoms with Gasteiger partial charge in [0.15, 0.2) is 0 Å². The topological polar surface area (TPSA) is 71.2 Å². The molecule has 0 bridgehead atoms. The van der Waals surface area contributed by atoms with Crippen LogP contribution in [-0.2, 0) is 4.79 Å². The summed E-state index contributed by atoms with van der Waals surface area (Å²) in [6, 6.07) is 1.20. The standard InChI is InChI=1S/C10H15ClN4O/c1-6(10(16)15(2)3)14-9-8(11)4-7(12)5-13-9/h4-6H,12H2,1-3H3,(H,13,14). The molecule has 1 aromatic heterocycles. The Kier molecular flexibility index (Phi) is 3.95. The van der Waals surface area contributed by atoms with Gasteiger partial charge in [-0.05, 0) is 13.0 Å². The third-order valence-corrected chi connectivity index (χ3v) is 2.31. The fraction of sp³-hybridized carbons (Fsp3) is 0.400. The van der Waals surface area contributed by atoms with Crippen molar-refractivity contribution in [2.45, 2.75) is 13.0 Å². The van der Waals surface area contributed by atoms with Crippen molar-refractivity contribution < 1.29 is 4.79 Å². The first-order chi connectivity index (χ1) is 7.41. The highest BCUT2D eigenvalue weighted by molar-refractivity contribution is 6.33. The van der Waals surface area contributed by atoms with E-state index in [9.17, 15) is 4.79 Å². The zero-order chi connectivity index (χ0) is 12.3. The number of carbonyl (C=O) groups is 1. The highest BCUT2D eigenvalue weighted by atomic mass is 35.5. The molecule has 0 saturated heterocycles. The van der Waals surface area contributed by atoms with E-state index in [4.69, 9.17) is 17.3 Å². The number of likely N-dealkylation sites (N-methyl/N-ethyl adjacent to an activating group) is 1. The Morgan fingerprint density at radius 2 is 2.25 bits per heavy atom.